The average Bonchev–Trinajstić information content (AvgIpc) is 2.67. The van der Waals surface area contributed by atoms with Gasteiger partial charge in [0.15, 0.2) is 5.13 Å². The predicted molar refractivity (Wildman–Crippen MR) is 76.5 cm³/mol. The van der Waals surface area contributed by atoms with Crippen molar-refractivity contribution in [3.8, 4) is 0 Å². The number of aromatic nitrogens is 1. The number of thiazole rings is 1. The molecule has 0 unspecified atom stereocenters. The molecule has 0 aromatic carbocycles. The van der Waals surface area contributed by atoms with Gasteiger partial charge < -0.3 is 4.90 Å². The summed E-state index contributed by atoms with van der Waals surface area (Å²) in [6, 6.07) is 0.660. The van der Waals surface area contributed by atoms with Crippen molar-refractivity contribution in [1.82, 2.24) is 4.98 Å². The second-order valence-electron chi connectivity index (χ2n) is 4.81. The van der Waals surface area contributed by atoms with Crippen LogP contribution in [0.2, 0.25) is 0 Å². The molecule has 1 aliphatic carbocycles. The van der Waals surface area contributed by atoms with E-state index in [-0.39, 0.29) is 0 Å². The summed E-state index contributed by atoms with van der Waals surface area (Å²) in [6.45, 7) is 5.17. The quantitative estimate of drug-likeness (QED) is 0.766. The van der Waals surface area contributed by atoms with Gasteiger partial charge in [0.1, 0.15) is 0 Å². The molecule has 0 amide bonds. The normalized spacial score (nSPS) is 17.4. The minimum absolute atomic E-state index is 0.660. The molecular weight excluding hydrogens is 252 g/mol. The standard InChI is InChI=1S/C13H21ClN2S/c1-10-11(2)17-13(15-10)16(9-8-14)12-6-4-3-5-7-12/h12H,3-9H2,1-2H3. The molecule has 0 aliphatic heterocycles. The van der Waals surface area contributed by atoms with Gasteiger partial charge in [-0.25, -0.2) is 4.98 Å². The lowest BCUT2D eigenvalue weighted by Crippen LogP contribution is -2.38. The highest BCUT2D eigenvalue weighted by Crippen LogP contribution is 2.31. The first-order chi connectivity index (χ1) is 8.22. The molecule has 0 atom stereocenters. The summed E-state index contributed by atoms with van der Waals surface area (Å²) in [6.07, 6.45) is 6.70. The predicted octanol–water partition coefficient (Wildman–Crippen LogP) is 4.14. The summed E-state index contributed by atoms with van der Waals surface area (Å²) in [7, 11) is 0. The molecule has 2 nitrogen and oxygen atoms in total. The fourth-order valence-corrected chi connectivity index (χ4v) is 3.69. The number of anilines is 1. The molecule has 0 spiro atoms. The van der Waals surface area contributed by atoms with Crippen molar-refractivity contribution in [3.63, 3.8) is 0 Å². The number of alkyl halides is 1. The summed E-state index contributed by atoms with van der Waals surface area (Å²) < 4.78 is 0. The first-order valence-electron chi connectivity index (χ1n) is 6.49. The van der Waals surface area contributed by atoms with Gasteiger partial charge in [-0.3, -0.25) is 0 Å². The smallest absolute Gasteiger partial charge is 0.186 e. The van der Waals surface area contributed by atoms with E-state index in [0.29, 0.717) is 11.9 Å². The van der Waals surface area contributed by atoms with Gasteiger partial charge in [0.25, 0.3) is 0 Å². The third-order valence-corrected chi connectivity index (χ3v) is 4.88. The lowest BCUT2D eigenvalue weighted by atomic mass is 9.94. The lowest BCUT2D eigenvalue weighted by molar-refractivity contribution is 0.418. The van der Waals surface area contributed by atoms with Crippen LogP contribution in [-0.2, 0) is 0 Å². The molecule has 0 N–H and O–H groups in total. The summed E-state index contributed by atoms with van der Waals surface area (Å²) in [5, 5.41) is 1.17. The van der Waals surface area contributed by atoms with E-state index in [2.05, 4.69) is 18.7 Å². The van der Waals surface area contributed by atoms with Crippen LogP contribution < -0.4 is 4.90 Å². The van der Waals surface area contributed by atoms with E-state index in [9.17, 15) is 0 Å². The van der Waals surface area contributed by atoms with Crippen LogP contribution in [0.5, 0.6) is 0 Å². The van der Waals surface area contributed by atoms with Crippen LogP contribution >= 0.6 is 22.9 Å². The van der Waals surface area contributed by atoms with Crippen molar-refractivity contribution in [2.24, 2.45) is 0 Å². The Morgan fingerprint density at radius 2 is 2.00 bits per heavy atom. The first kappa shape index (κ1) is 13.2. The van der Waals surface area contributed by atoms with Gasteiger partial charge in [-0.15, -0.1) is 22.9 Å². The average molecular weight is 273 g/mol. The van der Waals surface area contributed by atoms with Crippen molar-refractivity contribution >= 4 is 28.1 Å². The summed E-state index contributed by atoms with van der Waals surface area (Å²) in [4.78, 5) is 8.46. The van der Waals surface area contributed by atoms with Crippen LogP contribution in [0.3, 0.4) is 0 Å². The Balaban J connectivity index is 2.15. The molecule has 2 rings (SSSR count). The van der Waals surface area contributed by atoms with Crippen molar-refractivity contribution in [3.05, 3.63) is 10.6 Å². The van der Waals surface area contributed by atoms with Crippen LogP contribution in [0.1, 0.15) is 42.7 Å². The SMILES string of the molecule is Cc1nc(N(CCCl)C2CCCCC2)sc1C. The van der Waals surface area contributed by atoms with E-state index >= 15 is 0 Å². The number of hydrogen-bond acceptors (Lipinski definition) is 3. The van der Waals surface area contributed by atoms with Gasteiger partial charge in [-0.1, -0.05) is 19.3 Å². The minimum Gasteiger partial charge on any atom is -0.344 e. The Morgan fingerprint density at radius 1 is 1.29 bits per heavy atom. The molecule has 1 saturated carbocycles. The van der Waals surface area contributed by atoms with Gasteiger partial charge in [-0.2, -0.15) is 0 Å². The zero-order valence-electron chi connectivity index (χ0n) is 10.7. The highest BCUT2D eigenvalue weighted by Gasteiger charge is 2.23. The fraction of sp³-hybridized carbons (Fsp3) is 0.769. The number of hydrogen-bond donors (Lipinski definition) is 0. The van der Waals surface area contributed by atoms with E-state index in [1.54, 1.807) is 0 Å². The molecule has 1 aromatic rings. The molecule has 1 aliphatic rings. The van der Waals surface area contributed by atoms with Gasteiger partial charge in [0.05, 0.1) is 5.69 Å². The van der Waals surface area contributed by atoms with Crippen molar-refractivity contribution in [2.75, 3.05) is 17.3 Å². The van der Waals surface area contributed by atoms with Crippen LogP contribution in [0.4, 0.5) is 5.13 Å². The minimum atomic E-state index is 0.660. The summed E-state index contributed by atoms with van der Waals surface area (Å²) in [5.41, 5.74) is 1.17. The number of nitrogens with zero attached hydrogens (tertiary/aromatic N) is 2. The molecule has 96 valence electrons. The van der Waals surface area contributed by atoms with E-state index < -0.39 is 0 Å². The number of halogens is 1. The van der Waals surface area contributed by atoms with Gasteiger partial charge in [0.2, 0.25) is 0 Å². The molecule has 1 fully saturated rings. The van der Waals surface area contributed by atoms with Crippen LogP contribution in [0, 0.1) is 13.8 Å². The van der Waals surface area contributed by atoms with Gasteiger partial charge in [-0.05, 0) is 26.7 Å². The Morgan fingerprint density at radius 3 is 2.53 bits per heavy atom. The molecule has 0 radical (unpaired) electrons. The third kappa shape index (κ3) is 3.14. The fourth-order valence-electron chi connectivity index (χ4n) is 2.50. The summed E-state index contributed by atoms with van der Waals surface area (Å²) >= 11 is 7.76. The maximum atomic E-state index is 5.95. The van der Waals surface area contributed by atoms with Gasteiger partial charge >= 0.3 is 0 Å². The molecule has 1 heterocycles. The zero-order chi connectivity index (χ0) is 12.3. The Hall–Kier alpha value is -0.280. The second kappa shape index (κ2) is 6.05. The second-order valence-corrected chi connectivity index (χ2v) is 6.37. The molecular formula is C13H21ClN2S. The highest BCUT2D eigenvalue weighted by molar-refractivity contribution is 7.15. The number of aryl methyl sites for hydroxylation is 2. The molecule has 0 bridgehead atoms. The Labute approximate surface area is 113 Å². The van der Waals surface area contributed by atoms with Gasteiger partial charge in [0, 0.05) is 23.3 Å². The monoisotopic (exact) mass is 272 g/mol. The highest BCUT2D eigenvalue weighted by atomic mass is 35.5. The maximum Gasteiger partial charge on any atom is 0.186 e. The van der Waals surface area contributed by atoms with Crippen LogP contribution in [0.25, 0.3) is 0 Å². The summed E-state index contributed by atoms with van der Waals surface area (Å²) in [5.74, 6) is 0.689. The van der Waals surface area contributed by atoms with Crippen molar-refractivity contribution in [2.45, 2.75) is 52.0 Å². The van der Waals surface area contributed by atoms with E-state index in [4.69, 9.17) is 16.6 Å². The lowest BCUT2D eigenvalue weighted by Gasteiger charge is -2.33. The van der Waals surface area contributed by atoms with Crippen molar-refractivity contribution in [1.29, 1.82) is 0 Å². The van der Waals surface area contributed by atoms with E-state index in [1.807, 2.05) is 11.3 Å². The van der Waals surface area contributed by atoms with Crippen LogP contribution in [-0.4, -0.2) is 23.5 Å². The molecule has 0 saturated heterocycles. The molecule has 17 heavy (non-hydrogen) atoms. The molecule has 1 aromatic heterocycles. The van der Waals surface area contributed by atoms with Crippen LogP contribution in [0.15, 0.2) is 0 Å². The zero-order valence-corrected chi connectivity index (χ0v) is 12.3. The maximum absolute atomic E-state index is 5.95. The topological polar surface area (TPSA) is 16.1 Å². The number of rotatable bonds is 4. The third-order valence-electron chi connectivity index (χ3n) is 3.60. The Kier molecular flexibility index (Phi) is 4.69. The first-order valence-corrected chi connectivity index (χ1v) is 7.84. The van der Waals surface area contributed by atoms with E-state index in [1.165, 1.54) is 47.8 Å². The Bertz CT molecular complexity index is 339. The largest absolute Gasteiger partial charge is 0.344 e. The molecule has 4 heteroatoms. The van der Waals surface area contributed by atoms with E-state index in [0.717, 1.165) is 6.54 Å². The van der Waals surface area contributed by atoms with Crippen molar-refractivity contribution < 1.29 is 0 Å².